The van der Waals surface area contributed by atoms with E-state index in [0.717, 1.165) is 5.56 Å². The summed E-state index contributed by atoms with van der Waals surface area (Å²) in [4.78, 5) is 24.3. The van der Waals surface area contributed by atoms with E-state index in [-0.39, 0.29) is 29.5 Å². The minimum atomic E-state index is -0.923. The molecule has 0 saturated heterocycles. The van der Waals surface area contributed by atoms with Crippen molar-refractivity contribution < 1.29 is 23.5 Å². The van der Waals surface area contributed by atoms with Gasteiger partial charge in [0.05, 0.1) is 18.3 Å². The molecule has 3 aromatic carbocycles. The fraction of sp³-hybridized carbons (Fsp3) is 0.222. The smallest absolute Gasteiger partial charge is 0.329 e. The molecule has 0 radical (unpaired) electrons. The maximum atomic E-state index is 14.1. The number of carbonyl (C=O) groups excluding carboxylic acids is 2. The highest BCUT2D eigenvalue weighted by Crippen LogP contribution is 2.32. The SMILES string of the molecule is COc1cccc(/C=N\NC(=O)C(=O)NCc2ccc(C(C)C)cc2)c1OCc1c(F)cccc1Cl. The third kappa shape index (κ3) is 7.05. The molecule has 9 heteroatoms. The van der Waals surface area contributed by atoms with Gasteiger partial charge in [-0.05, 0) is 41.3 Å². The van der Waals surface area contributed by atoms with E-state index < -0.39 is 17.6 Å². The minimum Gasteiger partial charge on any atom is -0.493 e. The molecule has 0 saturated carbocycles. The maximum absolute atomic E-state index is 14.1. The van der Waals surface area contributed by atoms with E-state index in [1.165, 1.54) is 31.0 Å². The normalized spacial score (nSPS) is 10.9. The van der Waals surface area contributed by atoms with Crippen molar-refractivity contribution in [1.82, 2.24) is 10.7 Å². The molecule has 0 aliphatic rings. The van der Waals surface area contributed by atoms with E-state index in [9.17, 15) is 14.0 Å². The lowest BCUT2D eigenvalue weighted by molar-refractivity contribution is -0.139. The number of ether oxygens (including phenoxy) is 2. The number of benzene rings is 3. The number of halogens is 2. The van der Waals surface area contributed by atoms with Gasteiger partial charge in [0.2, 0.25) is 0 Å². The first-order valence-electron chi connectivity index (χ1n) is 11.2. The number of hydrogen-bond acceptors (Lipinski definition) is 5. The van der Waals surface area contributed by atoms with Gasteiger partial charge in [-0.3, -0.25) is 9.59 Å². The molecule has 2 N–H and O–H groups in total. The zero-order valence-corrected chi connectivity index (χ0v) is 20.9. The summed E-state index contributed by atoms with van der Waals surface area (Å²) in [5.74, 6) is -1.19. The molecule has 0 atom stereocenters. The molecular formula is C27H27ClFN3O4. The van der Waals surface area contributed by atoms with Crippen LogP contribution in [0.2, 0.25) is 5.02 Å². The van der Waals surface area contributed by atoms with E-state index in [1.807, 2.05) is 24.3 Å². The van der Waals surface area contributed by atoms with E-state index in [4.69, 9.17) is 21.1 Å². The summed E-state index contributed by atoms with van der Waals surface area (Å²) in [6.45, 7) is 4.25. The molecule has 7 nitrogen and oxygen atoms in total. The van der Waals surface area contributed by atoms with Gasteiger partial charge in [-0.1, -0.05) is 61.8 Å². The number of nitrogens with one attached hydrogen (secondary N) is 2. The van der Waals surface area contributed by atoms with Crippen molar-refractivity contribution in [2.24, 2.45) is 5.10 Å². The van der Waals surface area contributed by atoms with Crippen molar-refractivity contribution in [2.75, 3.05) is 7.11 Å². The first kappa shape index (κ1) is 26.7. The fourth-order valence-corrected chi connectivity index (χ4v) is 3.48. The number of carbonyl (C=O) groups is 2. The third-order valence-electron chi connectivity index (χ3n) is 5.33. The van der Waals surface area contributed by atoms with Crippen LogP contribution in [-0.4, -0.2) is 25.1 Å². The first-order valence-corrected chi connectivity index (χ1v) is 11.6. The molecule has 3 rings (SSSR count). The lowest BCUT2D eigenvalue weighted by Gasteiger charge is -2.14. The Hall–Kier alpha value is -3.91. The Kier molecular flexibility index (Phi) is 9.41. The summed E-state index contributed by atoms with van der Waals surface area (Å²) in [6, 6.07) is 17.2. The second kappa shape index (κ2) is 12.7. The zero-order valence-electron chi connectivity index (χ0n) is 20.2. The van der Waals surface area contributed by atoms with Crippen molar-refractivity contribution in [2.45, 2.75) is 32.9 Å². The van der Waals surface area contributed by atoms with Crippen LogP contribution in [0.3, 0.4) is 0 Å². The molecule has 0 spiro atoms. The molecule has 0 fully saturated rings. The standard InChI is InChI=1S/C27H27ClFN3O4/c1-17(2)19-12-10-18(11-13-19)14-30-26(33)27(34)32-31-15-20-6-4-9-24(35-3)25(20)36-16-21-22(28)7-5-8-23(21)29/h4-13,15,17H,14,16H2,1-3H3,(H,30,33)(H,32,34)/b31-15-. The van der Waals surface area contributed by atoms with Gasteiger partial charge in [0.25, 0.3) is 0 Å². The molecule has 188 valence electrons. The summed E-state index contributed by atoms with van der Waals surface area (Å²) >= 11 is 6.08. The Morgan fingerprint density at radius 2 is 1.78 bits per heavy atom. The maximum Gasteiger partial charge on any atom is 0.329 e. The number of amides is 2. The molecule has 0 aliphatic carbocycles. The topological polar surface area (TPSA) is 89.0 Å². The van der Waals surface area contributed by atoms with E-state index >= 15 is 0 Å². The van der Waals surface area contributed by atoms with Gasteiger partial charge >= 0.3 is 11.8 Å². The van der Waals surface area contributed by atoms with Crippen molar-refractivity contribution in [3.05, 3.63) is 93.8 Å². The Morgan fingerprint density at radius 3 is 2.44 bits per heavy atom. The lowest BCUT2D eigenvalue weighted by atomic mass is 10.0. The van der Waals surface area contributed by atoms with Crippen LogP contribution >= 0.6 is 11.6 Å². The summed E-state index contributed by atoms with van der Waals surface area (Å²) in [6.07, 6.45) is 1.30. The number of methoxy groups -OCH3 is 1. The van der Waals surface area contributed by atoms with Gasteiger partial charge in [0.15, 0.2) is 11.5 Å². The predicted molar refractivity (Wildman–Crippen MR) is 137 cm³/mol. The second-order valence-electron chi connectivity index (χ2n) is 8.15. The van der Waals surface area contributed by atoms with Crippen molar-refractivity contribution in [1.29, 1.82) is 0 Å². The van der Waals surface area contributed by atoms with Crippen molar-refractivity contribution in [3.8, 4) is 11.5 Å². The molecule has 0 heterocycles. The molecule has 36 heavy (non-hydrogen) atoms. The molecule has 3 aromatic rings. The van der Waals surface area contributed by atoms with Crippen LogP contribution in [0, 0.1) is 5.82 Å². The van der Waals surface area contributed by atoms with Crippen LogP contribution in [0.25, 0.3) is 0 Å². The highest BCUT2D eigenvalue weighted by Gasteiger charge is 2.15. The van der Waals surface area contributed by atoms with E-state index in [1.54, 1.807) is 24.3 Å². The Balaban J connectivity index is 1.61. The van der Waals surface area contributed by atoms with E-state index in [0.29, 0.717) is 17.2 Å². The quantitative estimate of drug-likeness (QED) is 0.241. The Bertz CT molecular complexity index is 1230. The Morgan fingerprint density at radius 1 is 1.06 bits per heavy atom. The Labute approximate surface area is 214 Å². The molecule has 0 bridgehead atoms. The zero-order chi connectivity index (χ0) is 26.1. The van der Waals surface area contributed by atoms with Gasteiger partial charge in [-0.15, -0.1) is 0 Å². The van der Waals surface area contributed by atoms with E-state index in [2.05, 4.69) is 29.7 Å². The summed E-state index contributed by atoms with van der Waals surface area (Å²) in [7, 11) is 1.46. The van der Waals surface area contributed by atoms with Gasteiger partial charge in [0.1, 0.15) is 12.4 Å². The first-order chi connectivity index (χ1) is 17.3. The number of hydrogen-bond donors (Lipinski definition) is 2. The second-order valence-corrected chi connectivity index (χ2v) is 8.55. The van der Waals surface area contributed by atoms with Crippen LogP contribution in [-0.2, 0) is 22.7 Å². The molecule has 0 aromatic heterocycles. The number of nitrogens with zero attached hydrogens (tertiary/aromatic N) is 1. The van der Waals surface area contributed by atoms with Gasteiger partial charge in [-0.25, -0.2) is 9.82 Å². The molecule has 0 aliphatic heterocycles. The van der Waals surface area contributed by atoms with Crippen LogP contribution in [0.15, 0.2) is 65.8 Å². The van der Waals surface area contributed by atoms with Gasteiger partial charge in [-0.2, -0.15) is 5.10 Å². The molecular weight excluding hydrogens is 485 g/mol. The lowest BCUT2D eigenvalue weighted by Crippen LogP contribution is -2.37. The third-order valence-corrected chi connectivity index (χ3v) is 5.68. The van der Waals surface area contributed by atoms with Crippen molar-refractivity contribution in [3.63, 3.8) is 0 Å². The highest BCUT2D eigenvalue weighted by atomic mass is 35.5. The average molecular weight is 512 g/mol. The number of para-hydroxylation sites is 1. The number of hydrazone groups is 1. The van der Waals surface area contributed by atoms with Crippen LogP contribution in [0.4, 0.5) is 4.39 Å². The number of rotatable bonds is 9. The van der Waals surface area contributed by atoms with Crippen LogP contribution < -0.4 is 20.2 Å². The van der Waals surface area contributed by atoms with Crippen LogP contribution in [0.5, 0.6) is 11.5 Å². The average Bonchev–Trinajstić information content (AvgIpc) is 2.87. The largest absolute Gasteiger partial charge is 0.493 e. The molecule has 0 unspecified atom stereocenters. The van der Waals surface area contributed by atoms with Gasteiger partial charge < -0.3 is 14.8 Å². The van der Waals surface area contributed by atoms with Crippen molar-refractivity contribution >= 4 is 29.6 Å². The van der Waals surface area contributed by atoms with Gasteiger partial charge in [0, 0.05) is 17.7 Å². The van der Waals surface area contributed by atoms with Crippen LogP contribution in [0.1, 0.15) is 42.0 Å². The minimum absolute atomic E-state index is 0.153. The molecule has 2 amide bonds. The predicted octanol–water partition coefficient (Wildman–Crippen LogP) is 4.96. The summed E-state index contributed by atoms with van der Waals surface area (Å²) in [5.41, 5.74) is 4.88. The summed E-state index contributed by atoms with van der Waals surface area (Å²) in [5, 5.41) is 6.64. The monoisotopic (exact) mass is 511 g/mol. The highest BCUT2D eigenvalue weighted by molar-refractivity contribution is 6.35. The fourth-order valence-electron chi connectivity index (χ4n) is 3.26. The summed E-state index contributed by atoms with van der Waals surface area (Å²) < 4.78 is 25.2.